The van der Waals surface area contributed by atoms with E-state index in [4.69, 9.17) is 10.00 Å². The van der Waals surface area contributed by atoms with Crippen LogP contribution in [0.3, 0.4) is 0 Å². The van der Waals surface area contributed by atoms with Gasteiger partial charge in [0, 0.05) is 12.6 Å². The minimum atomic E-state index is -3.69. The average molecular weight is 280 g/mol. The second-order valence-corrected chi connectivity index (χ2v) is 6.25. The SMILES string of the molecule is CC(NS(=O)(=O)c1ccccc1C#N)C1CCCO1. The Morgan fingerprint density at radius 3 is 2.84 bits per heavy atom. The topological polar surface area (TPSA) is 79.2 Å². The van der Waals surface area contributed by atoms with Crippen molar-refractivity contribution >= 4 is 10.0 Å². The first-order valence-corrected chi connectivity index (χ1v) is 7.66. The molecule has 0 aromatic heterocycles. The molecule has 1 aliphatic heterocycles. The van der Waals surface area contributed by atoms with Crippen LogP contribution in [0.1, 0.15) is 25.3 Å². The van der Waals surface area contributed by atoms with Crippen molar-refractivity contribution in [3.63, 3.8) is 0 Å². The molecule has 6 heteroatoms. The Morgan fingerprint density at radius 2 is 2.21 bits per heavy atom. The fourth-order valence-electron chi connectivity index (χ4n) is 2.17. The van der Waals surface area contributed by atoms with Crippen molar-refractivity contribution in [2.24, 2.45) is 0 Å². The smallest absolute Gasteiger partial charge is 0.242 e. The van der Waals surface area contributed by atoms with Crippen molar-refractivity contribution in [3.8, 4) is 6.07 Å². The lowest BCUT2D eigenvalue weighted by Gasteiger charge is -2.20. The van der Waals surface area contributed by atoms with E-state index in [1.165, 1.54) is 12.1 Å². The summed E-state index contributed by atoms with van der Waals surface area (Å²) in [6.45, 7) is 2.45. The first-order valence-electron chi connectivity index (χ1n) is 6.17. The number of ether oxygens (including phenoxy) is 1. The van der Waals surface area contributed by atoms with E-state index in [9.17, 15) is 8.42 Å². The van der Waals surface area contributed by atoms with Gasteiger partial charge >= 0.3 is 0 Å². The van der Waals surface area contributed by atoms with E-state index in [0.717, 1.165) is 12.8 Å². The number of hydrogen-bond donors (Lipinski definition) is 1. The van der Waals surface area contributed by atoms with Crippen LogP contribution in [0, 0.1) is 11.3 Å². The zero-order valence-corrected chi connectivity index (χ0v) is 11.5. The van der Waals surface area contributed by atoms with E-state index in [1.807, 2.05) is 6.07 Å². The standard InChI is InChI=1S/C13H16N2O3S/c1-10(12-6-4-8-18-12)15-19(16,17)13-7-3-2-5-11(13)9-14/h2-3,5,7,10,12,15H,4,6,8H2,1H3. The summed E-state index contributed by atoms with van der Waals surface area (Å²) in [5.41, 5.74) is 0.148. The molecule has 5 nitrogen and oxygen atoms in total. The Kier molecular flexibility index (Phi) is 4.20. The normalized spacial score (nSPS) is 20.9. The van der Waals surface area contributed by atoms with Gasteiger partial charge in [0.25, 0.3) is 0 Å². The molecule has 0 spiro atoms. The lowest BCUT2D eigenvalue weighted by atomic mass is 10.1. The number of rotatable bonds is 4. The summed E-state index contributed by atoms with van der Waals surface area (Å²) in [5, 5.41) is 8.96. The predicted octanol–water partition coefficient (Wildman–Crippen LogP) is 1.40. The van der Waals surface area contributed by atoms with Gasteiger partial charge < -0.3 is 4.74 Å². The molecule has 1 heterocycles. The molecule has 2 rings (SSSR count). The lowest BCUT2D eigenvalue weighted by Crippen LogP contribution is -2.40. The number of hydrogen-bond acceptors (Lipinski definition) is 4. The zero-order valence-electron chi connectivity index (χ0n) is 10.7. The van der Waals surface area contributed by atoms with E-state index < -0.39 is 10.0 Å². The fourth-order valence-corrected chi connectivity index (χ4v) is 3.60. The van der Waals surface area contributed by atoms with E-state index in [2.05, 4.69) is 4.72 Å². The Labute approximate surface area is 113 Å². The van der Waals surface area contributed by atoms with Gasteiger partial charge in [-0.15, -0.1) is 0 Å². The molecular weight excluding hydrogens is 264 g/mol. The molecule has 1 aromatic carbocycles. The highest BCUT2D eigenvalue weighted by Gasteiger charge is 2.27. The third kappa shape index (κ3) is 3.13. The van der Waals surface area contributed by atoms with Crippen molar-refractivity contribution < 1.29 is 13.2 Å². The fraction of sp³-hybridized carbons (Fsp3) is 0.462. The molecule has 0 aliphatic carbocycles. The number of nitrogens with zero attached hydrogens (tertiary/aromatic N) is 1. The van der Waals surface area contributed by atoms with Gasteiger partial charge in [0.15, 0.2) is 0 Å². The van der Waals surface area contributed by atoms with Crippen molar-refractivity contribution in [3.05, 3.63) is 29.8 Å². The Balaban J connectivity index is 2.20. The van der Waals surface area contributed by atoms with Crippen LogP contribution in [-0.4, -0.2) is 27.2 Å². The highest BCUT2D eigenvalue weighted by atomic mass is 32.2. The van der Waals surface area contributed by atoms with Crippen molar-refractivity contribution in [1.29, 1.82) is 5.26 Å². The minimum absolute atomic E-state index is 0.0161. The highest BCUT2D eigenvalue weighted by molar-refractivity contribution is 7.89. The molecule has 1 N–H and O–H groups in total. The van der Waals surface area contributed by atoms with Crippen LogP contribution in [0.15, 0.2) is 29.2 Å². The maximum atomic E-state index is 12.3. The van der Waals surface area contributed by atoms with E-state index in [0.29, 0.717) is 6.61 Å². The van der Waals surface area contributed by atoms with Crippen molar-refractivity contribution in [1.82, 2.24) is 4.72 Å². The van der Waals surface area contributed by atoms with Gasteiger partial charge in [0.1, 0.15) is 6.07 Å². The predicted molar refractivity (Wildman–Crippen MR) is 69.9 cm³/mol. The second-order valence-electron chi connectivity index (χ2n) is 4.57. The van der Waals surface area contributed by atoms with Gasteiger partial charge in [-0.3, -0.25) is 0 Å². The quantitative estimate of drug-likeness (QED) is 0.904. The number of nitrogens with one attached hydrogen (secondary N) is 1. The van der Waals surface area contributed by atoms with E-state index in [-0.39, 0.29) is 22.6 Å². The maximum absolute atomic E-state index is 12.3. The molecule has 2 atom stereocenters. The van der Waals surface area contributed by atoms with Crippen molar-refractivity contribution in [2.45, 2.75) is 36.8 Å². The van der Waals surface area contributed by atoms with Gasteiger partial charge in [-0.25, -0.2) is 13.1 Å². The van der Waals surface area contributed by atoms with E-state index in [1.54, 1.807) is 19.1 Å². The number of nitriles is 1. The Hall–Kier alpha value is -1.42. The summed E-state index contributed by atoms with van der Waals surface area (Å²) in [7, 11) is -3.69. The van der Waals surface area contributed by atoms with Crippen LogP contribution in [-0.2, 0) is 14.8 Å². The van der Waals surface area contributed by atoms with Gasteiger partial charge in [0.05, 0.1) is 16.6 Å². The van der Waals surface area contributed by atoms with Crippen LogP contribution < -0.4 is 4.72 Å². The molecule has 1 fully saturated rings. The third-order valence-corrected chi connectivity index (χ3v) is 4.78. The van der Waals surface area contributed by atoms with Gasteiger partial charge in [-0.2, -0.15) is 5.26 Å². The summed E-state index contributed by atoms with van der Waals surface area (Å²) < 4.78 is 32.6. The van der Waals surface area contributed by atoms with Gasteiger partial charge in [0.2, 0.25) is 10.0 Å². The Morgan fingerprint density at radius 1 is 1.47 bits per heavy atom. The highest BCUT2D eigenvalue weighted by Crippen LogP contribution is 2.19. The summed E-state index contributed by atoms with van der Waals surface area (Å²) in [6, 6.07) is 7.76. The molecule has 0 saturated carbocycles. The molecule has 0 bridgehead atoms. The van der Waals surface area contributed by atoms with Gasteiger partial charge in [-0.05, 0) is 31.9 Å². The van der Waals surface area contributed by atoms with Crippen LogP contribution >= 0.6 is 0 Å². The first kappa shape index (κ1) is 14.0. The Bertz CT molecular complexity index is 586. The second kappa shape index (κ2) is 5.70. The zero-order chi connectivity index (χ0) is 13.9. The molecule has 19 heavy (non-hydrogen) atoms. The van der Waals surface area contributed by atoms with E-state index >= 15 is 0 Å². The summed E-state index contributed by atoms with van der Waals surface area (Å²) in [4.78, 5) is 0.0161. The molecule has 0 amide bonds. The first-order chi connectivity index (χ1) is 9.04. The molecule has 1 aromatic rings. The van der Waals surface area contributed by atoms with Crippen LogP contribution in [0.2, 0.25) is 0 Å². The third-order valence-electron chi connectivity index (χ3n) is 3.16. The maximum Gasteiger partial charge on any atom is 0.242 e. The van der Waals surface area contributed by atoms with Crippen molar-refractivity contribution in [2.75, 3.05) is 6.61 Å². The minimum Gasteiger partial charge on any atom is -0.377 e. The average Bonchev–Trinajstić information content (AvgIpc) is 2.92. The molecule has 1 aliphatic rings. The lowest BCUT2D eigenvalue weighted by molar-refractivity contribution is 0.0902. The van der Waals surface area contributed by atoms with Gasteiger partial charge in [-0.1, -0.05) is 12.1 Å². The molecule has 2 unspecified atom stereocenters. The molecule has 1 saturated heterocycles. The number of benzene rings is 1. The van der Waals surface area contributed by atoms with Crippen LogP contribution in [0.5, 0.6) is 0 Å². The summed E-state index contributed by atoms with van der Waals surface area (Å²) >= 11 is 0. The summed E-state index contributed by atoms with van der Waals surface area (Å²) in [6.07, 6.45) is 1.71. The molecular formula is C13H16N2O3S. The molecule has 102 valence electrons. The van der Waals surface area contributed by atoms with Crippen LogP contribution in [0.25, 0.3) is 0 Å². The molecule has 0 radical (unpaired) electrons. The van der Waals surface area contributed by atoms with Crippen LogP contribution in [0.4, 0.5) is 0 Å². The number of sulfonamides is 1. The summed E-state index contributed by atoms with van der Waals surface area (Å²) in [5.74, 6) is 0. The monoisotopic (exact) mass is 280 g/mol. The largest absolute Gasteiger partial charge is 0.377 e.